The van der Waals surface area contributed by atoms with Gasteiger partial charge in [0, 0.05) is 11.1 Å². The van der Waals surface area contributed by atoms with Crippen LogP contribution in [-0.4, -0.2) is 23.2 Å². The Morgan fingerprint density at radius 1 is 1.38 bits per heavy atom. The number of nitrogens with one attached hydrogen (secondary N) is 2. The van der Waals surface area contributed by atoms with Crippen LogP contribution in [0.25, 0.3) is 17.3 Å². The van der Waals surface area contributed by atoms with Crippen molar-refractivity contribution in [3.8, 4) is 23.1 Å². The number of hydrogen-bond donors (Lipinski definition) is 2. The molecule has 26 heavy (non-hydrogen) atoms. The second-order valence-electron chi connectivity index (χ2n) is 5.36. The van der Waals surface area contributed by atoms with E-state index in [1.807, 2.05) is 30.3 Å². The van der Waals surface area contributed by atoms with Crippen molar-refractivity contribution in [1.29, 1.82) is 5.26 Å². The number of benzene rings is 1. The highest BCUT2D eigenvalue weighted by Gasteiger charge is 2.13. The predicted octanol–water partition coefficient (Wildman–Crippen LogP) is 2.90. The summed E-state index contributed by atoms with van der Waals surface area (Å²) in [6.07, 6.45) is 4.59. The van der Waals surface area contributed by atoms with Gasteiger partial charge in [-0.3, -0.25) is 9.89 Å². The molecule has 3 aromatic rings. The molecule has 0 fully saturated rings. The van der Waals surface area contributed by atoms with Gasteiger partial charge in [0.2, 0.25) is 0 Å². The van der Waals surface area contributed by atoms with Crippen LogP contribution in [0.3, 0.4) is 0 Å². The molecule has 7 nitrogen and oxygen atoms in total. The monoisotopic (exact) mass is 348 g/mol. The minimum atomic E-state index is -0.481. The van der Waals surface area contributed by atoms with Crippen molar-refractivity contribution >= 4 is 12.0 Å². The average Bonchev–Trinajstić information content (AvgIpc) is 3.36. The number of amides is 1. The average molecular weight is 348 g/mol. The minimum absolute atomic E-state index is 0.0206. The van der Waals surface area contributed by atoms with Crippen LogP contribution in [0.15, 0.2) is 58.8 Å². The molecule has 130 valence electrons. The Labute approximate surface area is 149 Å². The zero-order valence-corrected chi connectivity index (χ0v) is 14.0. The van der Waals surface area contributed by atoms with E-state index in [-0.39, 0.29) is 12.1 Å². The van der Waals surface area contributed by atoms with Crippen molar-refractivity contribution in [3.05, 3.63) is 65.8 Å². The van der Waals surface area contributed by atoms with Crippen molar-refractivity contribution in [2.24, 2.45) is 0 Å². The van der Waals surface area contributed by atoms with Gasteiger partial charge in [0.1, 0.15) is 23.2 Å². The molecule has 0 saturated carbocycles. The fraction of sp³-hybridized carbons (Fsp3) is 0.105. The highest BCUT2D eigenvalue weighted by atomic mass is 16.5. The molecule has 7 heteroatoms. The van der Waals surface area contributed by atoms with E-state index in [9.17, 15) is 10.1 Å². The van der Waals surface area contributed by atoms with E-state index in [2.05, 4.69) is 15.5 Å². The van der Waals surface area contributed by atoms with Crippen molar-refractivity contribution in [2.45, 2.75) is 6.54 Å². The summed E-state index contributed by atoms with van der Waals surface area (Å²) in [6.45, 7) is 0.210. The number of nitriles is 1. The Morgan fingerprint density at radius 3 is 2.85 bits per heavy atom. The molecule has 1 amide bonds. The topological polar surface area (TPSA) is 104 Å². The number of rotatable bonds is 6. The van der Waals surface area contributed by atoms with Crippen LogP contribution in [0.1, 0.15) is 11.3 Å². The summed E-state index contributed by atoms with van der Waals surface area (Å²) in [4.78, 5) is 12.2. The Hall–Kier alpha value is -3.79. The number of methoxy groups -OCH3 is 1. The fourth-order valence-electron chi connectivity index (χ4n) is 2.37. The second-order valence-corrected chi connectivity index (χ2v) is 5.36. The summed E-state index contributed by atoms with van der Waals surface area (Å²) in [5.74, 6) is 0.865. The van der Waals surface area contributed by atoms with Crippen molar-refractivity contribution < 1.29 is 13.9 Å². The van der Waals surface area contributed by atoms with Crippen LogP contribution in [0.5, 0.6) is 5.75 Å². The number of carbonyl (C=O) groups is 1. The molecule has 2 heterocycles. The lowest BCUT2D eigenvalue weighted by Crippen LogP contribution is -2.23. The first-order valence-corrected chi connectivity index (χ1v) is 7.81. The molecule has 0 aliphatic carbocycles. The summed E-state index contributed by atoms with van der Waals surface area (Å²) in [5, 5.41) is 18.9. The molecule has 0 atom stereocenters. The van der Waals surface area contributed by atoms with Crippen LogP contribution in [0, 0.1) is 11.3 Å². The van der Waals surface area contributed by atoms with Crippen LogP contribution < -0.4 is 10.1 Å². The molecular weight excluding hydrogens is 332 g/mol. The summed E-state index contributed by atoms with van der Waals surface area (Å²) in [7, 11) is 1.60. The van der Waals surface area contributed by atoms with Crippen molar-refractivity contribution in [1.82, 2.24) is 15.5 Å². The minimum Gasteiger partial charge on any atom is -0.497 e. The molecule has 2 aromatic heterocycles. The third-order valence-corrected chi connectivity index (χ3v) is 3.72. The van der Waals surface area contributed by atoms with Crippen LogP contribution in [0.4, 0.5) is 0 Å². The molecule has 0 bridgehead atoms. The van der Waals surface area contributed by atoms with Gasteiger partial charge in [0.05, 0.1) is 31.8 Å². The van der Waals surface area contributed by atoms with Gasteiger partial charge in [-0.2, -0.15) is 10.4 Å². The maximum absolute atomic E-state index is 12.2. The number of aromatic nitrogens is 2. The maximum atomic E-state index is 12.2. The molecule has 0 aliphatic heterocycles. The Bertz CT molecular complexity index is 948. The second kappa shape index (κ2) is 7.85. The first-order chi connectivity index (χ1) is 12.7. The van der Waals surface area contributed by atoms with Gasteiger partial charge >= 0.3 is 0 Å². The molecular formula is C19H16N4O3. The first-order valence-electron chi connectivity index (χ1n) is 7.81. The van der Waals surface area contributed by atoms with Gasteiger partial charge in [-0.05, 0) is 42.5 Å². The summed E-state index contributed by atoms with van der Waals surface area (Å²) in [6, 6.07) is 12.8. The lowest BCUT2D eigenvalue weighted by molar-refractivity contribution is -0.117. The summed E-state index contributed by atoms with van der Waals surface area (Å²) >= 11 is 0. The SMILES string of the molecule is COc1ccc(-c2[nH]ncc2/C=C(\C#N)C(=O)NCc2ccco2)cc1. The zero-order valence-electron chi connectivity index (χ0n) is 14.0. The Morgan fingerprint density at radius 2 is 2.19 bits per heavy atom. The molecule has 0 aliphatic rings. The first kappa shape index (κ1) is 17.0. The molecule has 0 saturated heterocycles. The van der Waals surface area contributed by atoms with E-state index in [0.29, 0.717) is 17.0 Å². The van der Waals surface area contributed by atoms with Gasteiger partial charge in [-0.25, -0.2) is 0 Å². The van der Waals surface area contributed by atoms with Crippen LogP contribution >= 0.6 is 0 Å². The van der Waals surface area contributed by atoms with Crippen molar-refractivity contribution in [3.63, 3.8) is 0 Å². The molecule has 1 aromatic carbocycles. The number of aromatic amines is 1. The number of nitrogens with zero attached hydrogens (tertiary/aromatic N) is 2. The van der Waals surface area contributed by atoms with E-state index in [0.717, 1.165) is 11.3 Å². The molecule has 0 spiro atoms. The smallest absolute Gasteiger partial charge is 0.262 e. The van der Waals surface area contributed by atoms with E-state index in [1.54, 1.807) is 25.4 Å². The summed E-state index contributed by atoms with van der Waals surface area (Å²) in [5.41, 5.74) is 2.19. The quantitative estimate of drug-likeness (QED) is 0.526. The molecule has 0 radical (unpaired) electrons. The maximum Gasteiger partial charge on any atom is 0.262 e. The third kappa shape index (κ3) is 3.82. The number of H-pyrrole nitrogens is 1. The number of hydrogen-bond acceptors (Lipinski definition) is 5. The van der Waals surface area contributed by atoms with Crippen LogP contribution in [-0.2, 0) is 11.3 Å². The molecule has 2 N–H and O–H groups in total. The Kier molecular flexibility index (Phi) is 5.15. The van der Waals surface area contributed by atoms with Crippen molar-refractivity contribution in [2.75, 3.05) is 7.11 Å². The Balaban J connectivity index is 1.80. The zero-order chi connectivity index (χ0) is 18.4. The van der Waals surface area contributed by atoms with Gasteiger partial charge in [-0.1, -0.05) is 0 Å². The third-order valence-electron chi connectivity index (χ3n) is 3.72. The van der Waals surface area contributed by atoms with Gasteiger partial charge in [0.25, 0.3) is 5.91 Å². The largest absolute Gasteiger partial charge is 0.497 e. The summed E-state index contributed by atoms with van der Waals surface area (Å²) < 4.78 is 10.3. The van der Waals surface area contributed by atoms with E-state index in [4.69, 9.17) is 9.15 Å². The molecule has 0 unspecified atom stereocenters. The highest BCUT2D eigenvalue weighted by molar-refractivity contribution is 6.02. The van der Waals surface area contributed by atoms with E-state index < -0.39 is 5.91 Å². The van der Waals surface area contributed by atoms with Gasteiger partial charge in [0.15, 0.2) is 0 Å². The normalized spacial score (nSPS) is 11.0. The lowest BCUT2D eigenvalue weighted by atomic mass is 10.1. The van der Waals surface area contributed by atoms with E-state index >= 15 is 0 Å². The van der Waals surface area contributed by atoms with Gasteiger partial charge < -0.3 is 14.5 Å². The number of furan rings is 1. The van der Waals surface area contributed by atoms with E-state index in [1.165, 1.54) is 12.3 Å². The number of ether oxygens (including phenoxy) is 1. The standard InChI is InChI=1S/C19H16N4O3/c1-25-16-6-4-13(5-7-16)18-15(11-22-23-18)9-14(10-20)19(24)21-12-17-3-2-8-26-17/h2-9,11H,12H2,1H3,(H,21,24)(H,22,23)/b14-9+. The van der Waals surface area contributed by atoms with Crippen LogP contribution in [0.2, 0.25) is 0 Å². The van der Waals surface area contributed by atoms with Gasteiger partial charge in [-0.15, -0.1) is 0 Å². The number of carbonyl (C=O) groups excluding carboxylic acids is 1. The fourth-order valence-corrected chi connectivity index (χ4v) is 2.37. The molecule has 3 rings (SSSR count). The lowest BCUT2D eigenvalue weighted by Gasteiger charge is -2.04. The predicted molar refractivity (Wildman–Crippen MR) is 94.7 cm³/mol. The highest BCUT2D eigenvalue weighted by Crippen LogP contribution is 2.25.